The van der Waals surface area contributed by atoms with Gasteiger partial charge in [-0.1, -0.05) is 6.92 Å². The van der Waals surface area contributed by atoms with Crippen LogP contribution in [0, 0.1) is 0 Å². The lowest BCUT2D eigenvalue weighted by Crippen LogP contribution is -1.94. The van der Waals surface area contributed by atoms with Gasteiger partial charge in [0.25, 0.3) is 0 Å². The zero-order valence-corrected chi connectivity index (χ0v) is 7.15. The van der Waals surface area contributed by atoms with Crippen molar-refractivity contribution >= 4 is 11.0 Å². The van der Waals surface area contributed by atoms with Gasteiger partial charge in [-0.05, 0) is 0 Å². The molecule has 0 unspecified atom stereocenters. The zero-order valence-electron chi connectivity index (χ0n) is 7.15. The van der Waals surface area contributed by atoms with Gasteiger partial charge >= 0.3 is 0 Å². The molecule has 2 heterocycles. The Bertz CT molecular complexity index is 404. The van der Waals surface area contributed by atoms with E-state index in [4.69, 9.17) is 0 Å². The lowest BCUT2D eigenvalue weighted by molar-refractivity contribution is 0.794. The van der Waals surface area contributed by atoms with Gasteiger partial charge in [0.2, 0.25) is 0 Å². The summed E-state index contributed by atoms with van der Waals surface area (Å²) in [5, 5.41) is 4.09. The molecule has 0 saturated heterocycles. The van der Waals surface area contributed by atoms with Crippen LogP contribution < -0.4 is 0 Å². The molecular weight excluding hydrogens is 152 g/mol. The monoisotopic (exact) mass is 162 g/mol. The minimum absolute atomic E-state index is 0.866. The Morgan fingerprint density at radius 2 is 2.25 bits per heavy atom. The summed E-state index contributed by atoms with van der Waals surface area (Å²) in [6.45, 7) is 2.04. The molecule has 0 bridgehead atoms. The summed E-state index contributed by atoms with van der Waals surface area (Å²) in [6, 6.07) is 0. The summed E-state index contributed by atoms with van der Waals surface area (Å²) in [4.78, 5) is 8.51. The third kappa shape index (κ3) is 0.958. The number of rotatable bonds is 1. The second-order valence-corrected chi connectivity index (χ2v) is 2.68. The maximum Gasteiger partial charge on any atom is 0.128 e. The highest BCUT2D eigenvalue weighted by Crippen LogP contribution is 2.07. The second-order valence-electron chi connectivity index (χ2n) is 2.68. The van der Waals surface area contributed by atoms with E-state index in [-0.39, 0.29) is 0 Å². The summed E-state index contributed by atoms with van der Waals surface area (Å²) in [6.07, 6.45) is 4.44. The fraction of sp³-hybridized carbons (Fsp3) is 0.375. The SMILES string of the molecule is CCc1ncc2c(cnn2C)n1. The van der Waals surface area contributed by atoms with Crippen LogP contribution >= 0.6 is 0 Å². The predicted octanol–water partition coefficient (Wildman–Crippen LogP) is 0.926. The highest BCUT2D eigenvalue weighted by atomic mass is 15.3. The topological polar surface area (TPSA) is 43.6 Å². The van der Waals surface area contributed by atoms with E-state index in [0.29, 0.717) is 0 Å². The van der Waals surface area contributed by atoms with Crippen molar-refractivity contribution < 1.29 is 0 Å². The van der Waals surface area contributed by atoms with Gasteiger partial charge in [-0.15, -0.1) is 0 Å². The standard InChI is InChI=1S/C8H10N4/c1-3-8-9-5-7-6(11-8)4-10-12(7)2/h4-5H,3H2,1-2H3. The molecule has 0 N–H and O–H groups in total. The smallest absolute Gasteiger partial charge is 0.128 e. The number of fused-ring (bicyclic) bond motifs is 1. The molecule has 0 aromatic carbocycles. The van der Waals surface area contributed by atoms with Crippen LogP contribution in [-0.2, 0) is 13.5 Å². The van der Waals surface area contributed by atoms with Gasteiger partial charge in [-0.25, -0.2) is 9.97 Å². The normalized spacial score (nSPS) is 10.8. The first-order valence-corrected chi connectivity index (χ1v) is 3.95. The van der Waals surface area contributed by atoms with E-state index in [2.05, 4.69) is 15.1 Å². The van der Waals surface area contributed by atoms with Gasteiger partial charge in [-0.3, -0.25) is 4.68 Å². The van der Waals surface area contributed by atoms with Gasteiger partial charge in [0.1, 0.15) is 16.9 Å². The molecule has 0 atom stereocenters. The first-order chi connectivity index (χ1) is 5.81. The van der Waals surface area contributed by atoms with Gasteiger partial charge < -0.3 is 0 Å². The summed E-state index contributed by atoms with van der Waals surface area (Å²) < 4.78 is 1.77. The number of aromatic nitrogens is 4. The maximum atomic E-state index is 4.32. The van der Waals surface area contributed by atoms with Crippen molar-refractivity contribution in [1.82, 2.24) is 19.7 Å². The van der Waals surface area contributed by atoms with E-state index in [0.717, 1.165) is 23.3 Å². The molecule has 0 amide bonds. The summed E-state index contributed by atoms with van der Waals surface area (Å²) in [5.41, 5.74) is 1.90. The van der Waals surface area contributed by atoms with Crippen LogP contribution in [-0.4, -0.2) is 19.7 Å². The Kier molecular flexibility index (Phi) is 1.53. The Balaban J connectivity index is 2.69. The minimum atomic E-state index is 0.866. The summed E-state index contributed by atoms with van der Waals surface area (Å²) in [7, 11) is 1.89. The fourth-order valence-electron chi connectivity index (χ4n) is 1.15. The van der Waals surface area contributed by atoms with E-state index >= 15 is 0 Å². The van der Waals surface area contributed by atoms with Crippen molar-refractivity contribution in [2.75, 3.05) is 0 Å². The van der Waals surface area contributed by atoms with Crippen LogP contribution in [0.4, 0.5) is 0 Å². The molecule has 2 rings (SSSR count). The van der Waals surface area contributed by atoms with Gasteiger partial charge in [0.15, 0.2) is 0 Å². The first-order valence-electron chi connectivity index (χ1n) is 3.95. The minimum Gasteiger partial charge on any atom is -0.265 e. The largest absolute Gasteiger partial charge is 0.265 e. The Morgan fingerprint density at radius 3 is 3.00 bits per heavy atom. The molecule has 0 aliphatic rings. The summed E-state index contributed by atoms with van der Waals surface area (Å²) >= 11 is 0. The van der Waals surface area contributed by atoms with Crippen molar-refractivity contribution in [2.45, 2.75) is 13.3 Å². The number of hydrogen-bond acceptors (Lipinski definition) is 3. The van der Waals surface area contributed by atoms with E-state index in [1.807, 2.05) is 20.2 Å². The zero-order chi connectivity index (χ0) is 8.55. The molecule has 2 aromatic rings. The molecule has 2 aromatic heterocycles. The molecule has 0 radical (unpaired) electrons. The lowest BCUT2D eigenvalue weighted by atomic mass is 10.4. The number of nitrogens with zero attached hydrogens (tertiary/aromatic N) is 4. The quantitative estimate of drug-likeness (QED) is 0.626. The van der Waals surface area contributed by atoms with Crippen molar-refractivity contribution in [3.8, 4) is 0 Å². The molecular formula is C8H10N4. The molecule has 4 heteroatoms. The van der Waals surface area contributed by atoms with Crippen LogP contribution in [0.2, 0.25) is 0 Å². The van der Waals surface area contributed by atoms with Crippen LogP contribution in [0.25, 0.3) is 11.0 Å². The average Bonchev–Trinajstić information content (AvgIpc) is 2.47. The van der Waals surface area contributed by atoms with E-state index in [9.17, 15) is 0 Å². The van der Waals surface area contributed by atoms with Crippen LogP contribution in [0.15, 0.2) is 12.4 Å². The van der Waals surface area contributed by atoms with Gasteiger partial charge in [-0.2, -0.15) is 5.10 Å². The molecule has 4 nitrogen and oxygen atoms in total. The van der Waals surface area contributed by atoms with Crippen molar-refractivity contribution in [2.24, 2.45) is 7.05 Å². The van der Waals surface area contributed by atoms with Crippen molar-refractivity contribution in [3.05, 3.63) is 18.2 Å². The summed E-state index contributed by atoms with van der Waals surface area (Å²) in [5.74, 6) is 0.871. The first kappa shape index (κ1) is 7.21. The van der Waals surface area contributed by atoms with Crippen LogP contribution in [0.3, 0.4) is 0 Å². The Hall–Kier alpha value is -1.45. The van der Waals surface area contributed by atoms with E-state index < -0.39 is 0 Å². The highest BCUT2D eigenvalue weighted by molar-refractivity contribution is 5.72. The highest BCUT2D eigenvalue weighted by Gasteiger charge is 2.01. The maximum absolute atomic E-state index is 4.32. The Morgan fingerprint density at radius 1 is 1.42 bits per heavy atom. The number of aryl methyl sites for hydroxylation is 2. The van der Waals surface area contributed by atoms with Crippen LogP contribution in [0.1, 0.15) is 12.7 Å². The average molecular weight is 162 g/mol. The molecule has 0 fully saturated rings. The van der Waals surface area contributed by atoms with Gasteiger partial charge in [0.05, 0.1) is 12.4 Å². The molecule has 0 aliphatic carbocycles. The molecule has 0 aliphatic heterocycles. The number of hydrogen-bond donors (Lipinski definition) is 0. The molecule has 0 saturated carbocycles. The van der Waals surface area contributed by atoms with E-state index in [1.54, 1.807) is 10.9 Å². The molecule has 62 valence electrons. The van der Waals surface area contributed by atoms with Crippen molar-refractivity contribution in [3.63, 3.8) is 0 Å². The lowest BCUT2D eigenvalue weighted by Gasteiger charge is -1.95. The van der Waals surface area contributed by atoms with Crippen LogP contribution in [0.5, 0.6) is 0 Å². The molecule has 12 heavy (non-hydrogen) atoms. The van der Waals surface area contributed by atoms with Crippen molar-refractivity contribution in [1.29, 1.82) is 0 Å². The van der Waals surface area contributed by atoms with E-state index in [1.165, 1.54) is 0 Å². The van der Waals surface area contributed by atoms with Gasteiger partial charge in [0, 0.05) is 13.5 Å². The predicted molar refractivity (Wildman–Crippen MR) is 45.7 cm³/mol. The third-order valence-electron chi connectivity index (χ3n) is 1.87. The third-order valence-corrected chi connectivity index (χ3v) is 1.87. The fourth-order valence-corrected chi connectivity index (χ4v) is 1.15. The molecule has 0 spiro atoms. The second kappa shape index (κ2) is 2.55. The Labute approximate surface area is 70.3 Å².